The summed E-state index contributed by atoms with van der Waals surface area (Å²) in [5.41, 5.74) is 0.736. The molecule has 0 amide bonds. The molecule has 1 aromatic rings. The lowest BCUT2D eigenvalue weighted by molar-refractivity contribution is 0.0585. The van der Waals surface area contributed by atoms with Crippen molar-refractivity contribution in [2.45, 2.75) is 24.1 Å². The van der Waals surface area contributed by atoms with Crippen LogP contribution in [0.3, 0.4) is 0 Å². The zero-order chi connectivity index (χ0) is 12.1. The minimum Gasteiger partial charge on any atom is -0.463 e. The first-order valence-corrected chi connectivity index (χ1v) is 6.15. The van der Waals surface area contributed by atoms with E-state index in [1.807, 2.05) is 19.9 Å². The van der Waals surface area contributed by atoms with Crippen LogP contribution >= 0.6 is 23.4 Å². The Balaban J connectivity index is 2.94. The molecule has 0 N–H and O–H groups in total. The Morgan fingerprint density at radius 1 is 1.62 bits per heavy atom. The number of methoxy groups -OCH3 is 1. The molecule has 0 aliphatic rings. The third kappa shape index (κ3) is 3.64. The molecule has 0 aliphatic heterocycles. The van der Waals surface area contributed by atoms with E-state index in [1.165, 1.54) is 18.9 Å². The molecule has 0 bridgehead atoms. The van der Waals surface area contributed by atoms with E-state index in [4.69, 9.17) is 11.6 Å². The molecule has 0 fully saturated rings. The molecule has 0 saturated carbocycles. The number of rotatable bonds is 4. The second-order valence-electron chi connectivity index (χ2n) is 3.25. The minimum absolute atomic E-state index is 0.0896. The van der Waals surface area contributed by atoms with Crippen LogP contribution in [0.4, 0.5) is 0 Å². The van der Waals surface area contributed by atoms with Gasteiger partial charge in [0.05, 0.1) is 7.11 Å². The molecule has 6 heteroatoms. The largest absolute Gasteiger partial charge is 0.463 e. The molecule has 0 saturated heterocycles. The van der Waals surface area contributed by atoms with Crippen LogP contribution in [0.2, 0.25) is 0 Å². The molecule has 1 aromatic heterocycles. The number of ether oxygens (including phenoxy) is 1. The van der Waals surface area contributed by atoms with Crippen LogP contribution in [0.1, 0.15) is 23.2 Å². The highest BCUT2D eigenvalue weighted by atomic mass is 35.5. The first kappa shape index (κ1) is 13.3. The van der Waals surface area contributed by atoms with Crippen LogP contribution in [0, 0.1) is 6.92 Å². The normalized spacial score (nSPS) is 12.2. The Morgan fingerprint density at radius 2 is 2.31 bits per heavy atom. The smallest absolute Gasteiger partial charge is 0.376 e. The van der Waals surface area contributed by atoms with E-state index in [0.29, 0.717) is 5.88 Å². The van der Waals surface area contributed by atoms with E-state index in [-0.39, 0.29) is 11.1 Å². The van der Waals surface area contributed by atoms with Crippen molar-refractivity contribution in [3.63, 3.8) is 0 Å². The van der Waals surface area contributed by atoms with Crippen molar-refractivity contribution in [3.8, 4) is 0 Å². The van der Waals surface area contributed by atoms with Crippen molar-refractivity contribution in [2.24, 2.45) is 0 Å². The molecule has 1 rings (SSSR count). The Kier molecular flexibility index (Phi) is 5.02. The molecule has 1 atom stereocenters. The van der Waals surface area contributed by atoms with Crippen LogP contribution in [-0.2, 0) is 4.74 Å². The summed E-state index contributed by atoms with van der Waals surface area (Å²) in [5.74, 6) is 0.0946. The fourth-order valence-electron chi connectivity index (χ4n) is 1.02. The lowest BCUT2D eigenvalue weighted by Crippen LogP contribution is -2.09. The van der Waals surface area contributed by atoms with Gasteiger partial charge in [0.1, 0.15) is 5.03 Å². The van der Waals surface area contributed by atoms with E-state index in [1.54, 1.807) is 0 Å². The highest BCUT2D eigenvalue weighted by Crippen LogP contribution is 2.22. The summed E-state index contributed by atoms with van der Waals surface area (Å²) in [5, 5.41) is 0.975. The number of halogens is 1. The molecule has 1 heterocycles. The van der Waals surface area contributed by atoms with Gasteiger partial charge >= 0.3 is 5.97 Å². The quantitative estimate of drug-likeness (QED) is 0.360. The van der Waals surface area contributed by atoms with Gasteiger partial charge in [-0.25, -0.2) is 14.8 Å². The monoisotopic (exact) mass is 260 g/mol. The summed E-state index contributed by atoms with van der Waals surface area (Å²) in [6.07, 6.45) is 0. The maximum atomic E-state index is 11.3. The molecule has 4 nitrogen and oxygen atoms in total. The van der Waals surface area contributed by atoms with Gasteiger partial charge in [-0.15, -0.1) is 23.4 Å². The molecular weight excluding hydrogens is 248 g/mol. The van der Waals surface area contributed by atoms with Gasteiger partial charge in [-0.3, -0.25) is 0 Å². The first-order valence-electron chi connectivity index (χ1n) is 4.73. The molecular formula is C10H13ClN2O2S. The van der Waals surface area contributed by atoms with Crippen molar-refractivity contribution >= 4 is 29.3 Å². The molecule has 0 aromatic carbocycles. The average molecular weight is 261 g/mol. The van der Waals surface area contributed by atoms with E-state index >= 15 is 0 Å². The maximum absolute atomic E-state index is 11.3. The van der Waals surface area contributed by atoms with Crippen LogP contribution in [-0.4, -0.2) is 34.2 Å². The van der Waals surface area contributed by atoms with Gasteiger partial charge < -0.3 is 4.74 Å². The number of esters is 1. The number of carbonyl (C=O) groups excluding carboxylic acids is 1. The molecule has 0 aliphatic carbocycles. The predicted octanol–water partition coefficient (Wildman–Crippen LogP) is 2.29. The molecule has 88 valence electrons. The number of carbonyl (C=O) groups is 1. The standard InChI is InChI=1S/C10H13ClN2O2S/c1-6-4-8(16-7(2)5-11)13-9(12-6)10(14)15-3/h4,7H,5H2,1-3H3. The summed E-state index contributed by atoms with van der Waals surface area (Å²) in [6.45, 7) is 3.80. The van der Waals surface area contributed by atoms with Crippen LogP contribution in [0.25, 0.3) is 0 Å². The Morgan fingerprint density at radius 3 is 2.88 bits per heavy atom. The fraction of sp³-hybridized carbons (Fsp3) is 0.500. The summed E-state index contributed by atoms with van der Waals surface area (Å²) in [7, 11) is 1.31. The maximum Gasteiger partial charge on any atom is 0.376 e. The zero-order valence-electron chi connectivity index (χ0n) is 9.36. The number of alkyl halides is 1. The summed E-state index contributed by atoms with van der Waals surface area (Å²) < 4.78 is 4.58. The van der Waals surface area contributed by atoms with E-state index in [0.717, 1.165) is 10.7 Å². The minimum atomic E-state index is -0.524. The van der Waals surface area contributed by atoms with Crippen molar-refractivity contribution in [1.82, 2.24) is 9.97 Å². The van der Waals surface area contributed by atoms with Crippen molar-refractivity contribution in [3.05, 3.63) is 17.6 Å². The van der Waals surface area contributed by atoms with Gasteiger partial charge in [0.15, 0.2) is 0 Å². The number of hydrogen-bond acceptors (Lipinski definition) is 5. The summed E-state index contributed by atoms with van der Waals surface area (Å²) >= 11 is 7.22. The summed E-state index contributed by atoms with van der Waals surface area (Å²) in [6, 6.07) is 1.82. The highest BCUT2D eigenvalue weighted by molar-refractivity contribution is 7.99. The second kappa shape index (κ2) is 6.06. The van der Waals surface area contributed by atoms with E-state index in [9.17, 15) is 4.79 Å². The number of hydrogen-bond donors (Lipinski definition) is 0. The highest BCUT2D eigenvalue weighted by Gasteiger charge is 2.13. The van der Waals surface area contributed by atoms with Crippen molar-refractivity contribution in [2.75, 3.05) is 13.0 Å². The van der Waals surface area contributed by atoms with Gasteiger partial charge in [0.2, 0.25) is 5.82 Å². The van der Waals surface area contributed by atoms with Crippen LogP contribution in [0.5, 0.6) is 0 Å². The molecule has 0 radical (unpaired) electrons. The van der Waals surface area contributed by atoms with Crippen molar-refractivity contribution in [1.29, 1.82) is 0 Å². The molecule has 16 heavy (non-hydrogen) atoms. The lowest BCUT2D eigenvalue weighted by atomic mass is 10.4. The average Bonchev–Trinajstić information content (AvgIpc) is 2.27. The molecule has 1 unspecified atom stereocenters. The lowest BCUT2D eigenvalue weighted by Gasteiger charge is -2.07. The van der Waals surface area contributed by atoms with Gasteiger partial charge in [0, 0.05) is 16.8 Å². The fourth-order valence-corrected chi connectivity index (χ4v) is 2.06. The third-order valence-corrected chi connectivity index (χ3v) is 3.40. The van der Waals surface area contributed by atoms with Crippen molar-refractivity contribution < 1.29 is 9.53 Å². The predicted molar refractivity (Wildman–Crippen MR) is 64.1 cm³/mol. The van der Waals surface area contributed by atoms with E-state index < -0.39 is 5.97 Å². The third-order valence-electron chi connectivity index (χ3n) is 1.74. The zero-order valence-corrected chi connectivity index (χ0v) is 10.9. The Labute approximate surface area is 104 Å². The van der Waals surface area contributed by atoms with Crippen LogP contribution in [0.15, 0.2) is 11.1 Å². The number of thioether (sulfide) groups is 1. The van der Waals surface area contributed by atoms with Gasteiger partial charge in [0.25, 0.3) is 0 Å². The number of aromatic nitrogens is 2. The number of nitrogens with zero attached hydrogens (tertiary/aromatic N) is 2. The van der Waals surface area contributed by atoms with Crippen LogP contribution < -0.4 is 0 Å². The summed E-state index contributed by atoms with van der Waals surface area (Å²) in [4.78, 5) is 19.4. The first-order chi connectivity index (χ1) is 7.56. The van der Waals surface area contributed by atoms with Gasteiger partial charge in [-0.05, 0) is 13.0 Å². The van der Waals surface area contributed by atoms with E-state index in [2.05, 4.69) is 14.7 Å². The SMILES string of the molecule is COC(=O)c1nc(C)cc(SC(C)CCl)n1. The Bertz CT molecular complexity index is 387. The molecule has 0 spiro atoms. The number of aryl methyl sites for hydroxylation is 1. The van der Waals surface area contributed by atoms with Gasteiger partial charge in [-0.1, -0.05) is 6.92 Å². The van der Waals surface area contributed by atoms with Gasteiger partial charge in [-0.2, -0.15) is 0 Å². The Hall–Kier alpha value is -0.810. The second-order valence-corrected chi connectivity index (χ2v) is 5.01. The topological polar surface area (TPSA) is 52.1 Å².